The zero-order valence-electron chi connectivity index (χ0n) is 24.7. The van der Waals surface area contributed by atoms with Gasteiger partial charge in [-0.3, -0.25) is 14.5 Å². The second-order valence-electron chi connectivity index (χ2n) is 9.71. The molecular weight excluding hydrogens is 660 g/mol. The van der Waals surface area contributed by atoms with Crippen LogP contribution in [0.25, 0.3) is 6.08 Å². The van der Waals surface area contributed by atoms with E-state index in [-0.39, 0.29) is 25.0 Å². The van der Waals surface area contributed by atoms with E-state index >= 15 is 0 Å². The van der Waals surface area contributed by atoms with E-state index in [1.165, 1.54) is 16.7 Å². The molecule has 12 heteroatoms. The van der Waals surface area contributed by atoms with Crippen LogP contribution in [-0.4, -0.2) is 48.9 Å². The molecule has 1 aliphatic heterocycles. The van der Waals surface area contributed by atoms with Crippen LogP contribution in [0.4, 0.5) is 5.69 Å². The summed E-state index contributed by atoms with van der Waals surface area (Å²) in [6.07, 6.45) is 4.82. The van der Waals surface area contributed by atoms with Gasteiger partial charge in [0.05, 0.1) is 38.1 Å². The lowest BCUT2D eigenvalue weighted by Gasteiger charge is -2.13. The van der Waals surface area contributed by atoms with Gasteiger partial charge in [0.2, 0.25) is 0 Å². The lowest BCUT2D eigenvalue weighted by molar-refractivity contribution is -0.122. The Morgan fingerprint density at radius 3 is 2.53 bits per heavy atom. The summed E-state index contributed by atoms with van der Waals surface area (Å²) in [7, 11) is 3.12. The highest BCUT2D eigenvalue weighted by Gasteiger charge is 2.34. The number of thioether (sulfide) groups is 1. The number of nitrogens with one attached hydrogen (secondary N) is 1. The molecule has 3 aromatic carbocycles. The van der Waals surface area contributed by atoms with Crippen LogP contribution in [0.15, 0.2) is 103 Å². The second-order valence-corrected chi connectivity index (χ2v) is 11.6. The van der Waals surface area contributed by atoms with Crippen LogP contribution in [0.2, 0.25) is 0 Å². The van der Waals surface area contributed by atoms with Gasteiger partial charge < -0.3 is 23.9 Å². The van der Waals surface area contributed by atoms with E-state index < -0.39 is 0 Å². The first-order valence-electron chi connectivity index (χ1n) is 13.7. The quantitative estimate of drug-likeness (QED) is 0.104. The van der Waals surface area contributed by atoms with Gasteiger partial charge in [-0.25, -0.2) is 0 Å². The molecule has 2 amide bonds. The fourth-order valence-electron chi connectivity index (χ4n) is 4.24. The Bertz CT molecular complexity index is 1770. The number of hydrogen-bond acceptors (Lipinski definition) is 9. The summed E-state index contributed by atoms with van der Waals surface area (Å²) < 4.78 is 22.8. The number of nitrogens with zero attached hydrogens (tertiary/aromatic N) is 3. The largest absolute Gasteiger partial charge is 0.493 e. The molecule has 2 heterocycles. The molecule has 1 aromatic heterocycles. The summed E-state index contributed by atoms with van der Waals surface area (Å²) in [5, 5.41) is 11.8. The summed E-state index contributed by atoms with van der Waals surface area (Å²) in [5.41, 5.74) is 3.12. The first-order chi connectivity index (χ1) is 21.8. The molecule has 0 saturated carbocycles. The average molecular weight is 690 g/mol. The predicted octanol–water partition coefficient (Wildman–Crippen LogP) is 6.89. The van der Waals surface area contributed by atoms with Gasteiger partial charge in [0.15, 0.2) is 23.3 Å². The Morgan fingerprint density at radius 1 is 1.02 bits per heavy atom. The van der Waals surface area contributed by atoms with Crippen molar-refractivity contribution in [3.8, 4) is 17.2 Å². The zero-order valence-corrected chi connectivity index (χ0v) is 27.1. The van der Waals surface area contributed by atoms with E-state index in [1.807, 2.05) is 43.3 Å². The molecule has 0 spiro atoms. The van der Waals surface area contributed by atoms with Crippen LogP contribution in [0, 0.1) is 6.92 Å². The third kappa shape index (κ3) is 8.22. The number of carbonyl (C=O) groups excluding carboxylic acids is 2. The fraction of sp³-hybridized carbons (Fsp3) is 0.152. The normalized spacial score (nSPS) is 14.8. The summed E-state index contributed by atoms with van der Waals surface area (Å²) >= 11 is 4.66. The van der Waals surface area contributed by atoms with Gasteiger partial charge in [-0.05, 0) is 91.0 Å². The highest BCUT2D eigenvalue weighted by molar-refractivity contribution is 9.10. The van der Waals surface area contributed by atoms with Crippen molar-refractivity contribution in [2.75, 3.05) is 26.1 Å². The third-order valence-corrected chi connectivity index (χ3v) is 7.98. The summed E-state index contributed by atoms with van der Waals surface area (Å²) in [6, 6.07) is 21.8. The van der Waals surface area contributed by atoms with Gasteiger partial charge in [-0.15, -0.1) is 5.10 Å². The third-order valence-electron chi connectivity index (χ3n) is 6.49. The molecule has 1 fully saturated rings. The zero-order chi connectivity index (χ0) is 31.8. The van der Waals surface area contributed by atoms with E-state index in [0.29, 0.717) is 44.3 Å². The Kier molecular flexibility index (Phi) is 10.4. The van der Waals surface area contributed by atoms with Gasteiger partial charge in [0.1, 0.15) is 11.5 Å². The maximum Gasteiger partial charge on any atom is 0.267 e. The van der Waals surface area contributed by atoms with Crippen molar-refractivity contribution in [1.82, 2.24) is 4.90 Å². The predicted molar refractivity (Wildman–Crippen MR) is 179 cm³/mol. The average Bonchev–Trinajstić information content (AvgIpc) is 3.66. The summed E-state index contributed by atoms with van der Waals surface area (Å²) in [6.45, 7) is 1.93. The van der Waals surface area contributed by atoms with Crippen molar-refractivity contribution < 1.29 is 28.2 Å². The Labute approximate surface area is 272 Å². The molecule has 0 atom stereocenters. The van der Waals surface area contributed by atoms with Crippen LogP contribution in [0.1, 0.15) is 22.5 Å². The van der Waals surface area contributed by atoms with Crippen molar-refractivity contribution in [1.29, 1.82) is 0 Å². The molecule has 1 saturated heterocycles. The van der Waals surface area contributed by atoms with Crippen molar-refractivity contribution in [3.05, 3.63) is 111 Å². The van der Waals surface area contributed by atoms with Gasteiger partial charge in [-0.2, -0.15) is 5.10 Å². The number of amides is 2. The number of aryl methyl sites for hydroxylation is 1. The SMILES string of the molecule is COc1ccc(/C=N\N=C2\S/C(=C\c3cc(Br)ccc3OCC(=O)Nc3ccc(C)cc3)C(=O)N2Cc2ccco2)cc1OC. The number of anilines is 1. The molecule has 4 aromatic rings. The second kappa shape index (κ2) is 14.8. The monoisotopic (exact) mass is 688 g/mol. The van der Waals surface area contributed by atoms with Crippen molar-refractivity contribution >= 4 is 62.7 Å². The minimum absolute atomic E-state index is 0.169. The Morgan fingerprint density at radius 2 is 1.80 bits per heavy atom. The van der Waals surface area contributed by atoms with E-state index in [1.54, 1.807) is 69.2 Å². The van der Waals surface area contributed by atoms with Gasteiger partial charge in [0, 0.05) is 15.7 Å². The number of carbonyl (C=O) groups is 2. The summed E-state index contributed by atoms with van der Waals surface area (Å²) in [5.74, 6) is 1.60. The smallest absolute Gasteiger partial charge is 0.267 e. The molecule has 45 heavy (non-hydrogen) atoms. The highest BCUT2D eigenvalue weighted by Crippen LogP contribution is 2.36. The van der Waals surface area contributed by atoms with Crippen LogP contribution in [0.5, 0.6) is 17.2 Å². The lowest BCUT2D eigenvalue weighted by atomic mass is 10.2. The standard InChI is InChI=1S/C33H29BrN4O6S/c1-21-6-10-25(11-7-21)36-31(39)20-44-27-13-9-24(34)16-23(27)17-30-32(40)38(19-26-5-4-14-43-26)33(45-30)37-35-18-22-8-12-28(41-2)29(15-22)42-3/h4-18H,19-20H2,1-3H3,(H,36,39)/b30-17-,35-18-,37-33+. The molecule has 0 unspecified atom stereocenters. The van der Waals surface area contributed by atoms with Crippen LogP contribution in [-0.2, 0) is 16.1 Å². The number of halogens is 1. The Balaban J connectivity index is 1.37. The van der Waals surface area contributed by atoms with E-state index in [0.717, 1.165) is 15.6 Å². The van der Waals surface area contributed by atoms with E-state index in [2.05, 4.69) is 31.4 Å². The van der Waals surface area contributed by atoms with Gasteiger partial charge in [0.25, 0.3) is 11.8 Å². The minimum Gasteiger partial charge on any atom is -0.493 e. The van der Waals surface area contributed by atoms with Crippen LogP contribution in [0.3, 0.4) is 0 Å². The first-order valence-corrected chi connectivity index (χ1v) is 15.3. The van der Waals surface area contributed by atoms with E-state index in [9.17, 15) is 9.59 Å². The summed E-state index contributed by atoms with van der Waals surface area (Å²) in [4.78, 5) is 28.1. The molecule has 0 bridgehead atoms. The number of hydrogen-bond donors (Lipinski definition) is 1. The topological polar surface area (TPSA) is 115 Å². The lowest BCUT2D eigenvalue weighted by Crippen LogP contribution is -2.28. The van der Waals surface area contributed by atoms with E-state index in [4.69, 9.17) is 18.6 Å². The minimum atomic E-state index is -0.307. The molecule has 1 N–H and O–H groups in total. The number of amidine groups is 1. The van der Waals surface area contributed by atoms with Crippen molar-refractivity contribution in [3.63, 3.8) is 0 Å². The molecule has 1 aliphatic rings. The first kappa shape index (κ1) is 31.6. The maximum absolute atomic E-state index is 13.6. The number of benzene rings is 3. The number of methoxy groups -OCH3 is 2. The fourth-order valence-corrected chi connectivity index (χ4v) is 5.54. The molecule has 5 rings (SSSR count). The molecule has 10 nitrogen and oxygen atoms in total. The van der Waals surface area contributed by atoms with Crippen LogP contribution >= 0.6 is 27.7 Å². The van der Waals surface area contributed by atoms with Crippen LogP contribution < -0.4 is 19.5 Å². The molecule has 0 aliphatic carbocycles. The molecular formula is C33H29BrN4O6S. The van der Waals surface area contributed by atoms with Gasteiger partial charge in [-0.1, -0.05) is 33.6 Å². The number of furan rings is 1. The van der Waals surface area contributed by atoms with Gasteiger partial charge >= 0.3 is 0 Å². The number of ether oxygens (including phenoxy) is 3. The van der Waals surface area contributed by atoms with Crippen molar-refractivity contribution in [2.45, 2.75) is 13.5 Å². The molecule has 230 valence electrons. The molecule has 0 radical (unpaired) electrons. The number of rotatable bonds is 11. The Hall–Kier alpha value is -4.81. The van der Waals surface area contributed by atoms with Crippen molar-refractivity contribution in [2.24, 2.45) is 10.2 Å². The maximum atomic E-state index is 13.6. The highest BCUT2D eigenvalue weighted by atomic mass is 79.9.